The molecule has 2 aromatic rings. The van der Waals surface area contributed by atoms with Gasteiger partial charge in [0.1, 0.15) is 0 Å². The molecule has 1 aliphatic heterocycles. The first-order chi connectivity index (χ1) is 12.4. The Morgan fingerprint density at radius 2 is 2.04 bits per heavy atom. The van der Waals surface area contributed by atoms with Gasteiger partial charge in [0.2, 0.25) is 0 Å². The Balaban J connectivity index is 1.38. The first kappa shape index (κ1) is 17.2. The minimum atomic E-state index is -2.78. The number of halogens is 2. The lowest BCUT2D eigenvalue weighted by atomic mass is 10.0. The average Bonchev–Trinajstić information content (AvgIpc) is 3.17. The second-order valence-corrected chi connectivity index (χ2v) is 7.52. The van der Waals surface area contributed by atoms with E-state index in [9.17, 15) is 13.6 Å². The second kappa shape index (κ2) is 6.52. The summed E-state index contributed by atoms with van der Waals surface area (Å²) in [6, 6.07) is 5.11. The lowest BCUT2D eigenvalue weighted by molar-refractivity contribution is -0.0160. The molecule has 2 amide bonds. The number of aromatic nitrogens is 2. The van der Waals surface area contributed by atoms with Gasteiger partial charge in [-0.15, -0.1) is 0 Å². The number of hydrogen-bond donors (Lipinski definition) is 1. The molecule has 5 nitrogen and oxygen atoms in total. The predicted octanol–water partition coefficient (Wildman–Crippen LogP) is 3.88. The summed E-state index contributed by atoms with van der Waals surface area (Å²) < 4.78 is 29.5. The molecule has 4 rings (SSSR count). The van der Waals surface area contributed by atoms with Gasteiger partial charge in [0.15, 0.2) is 0 Å². The Labute approximate surface area is 151 Å². The molecule has 0 bridgehead atoms. The van der Waals surface area contributed by atoms with E-state index in [0.29, 0.717) is 25.9 Å². The Hall–Kier alpha value is -2.18. The van der Waals surface area contributed by atoms with Gasteiger partial charge in [0, 0.05) is 24.9 Å². The molecule has 1 aromatic carbocycles. The molecule has 2 aliphatic rings. The topological polar surface area (TPSA) is 50.2 Å². The van der Waals surface area contributed by atoms with Crippen LogP contribution < -0.4 is 5.32 Å². The molecule has 26 heavy (non-hydrogen) atoms. The fourth-order valence-corrected chi connectivity index (χ4v) is 4.12. The van der Waals surface area contributed by atoms with Crippen LogP contribution in [0.3, 0.4) is 0 Å². The van der Waals surface area contributed by atoms with Crippen LogP contribution in [0.1, 0.15) is 43.7 Å². The number of nitrogens with zero attached hydrogens (tertiary/aromatic N) is 3. The number of aryl methyl sites for hydroxylation is 1. The summed E-state index contributed by atoms with van der Waals surface area (Å²) in [6.07, 6.45) is 4.12. The molecule has 2 heterocycles. The molecule has 0 spiro atoms. The van der Waals surface area contributed by atoms with Crippen molar-refractivity contribution in [2.24, 2.45) is 0 Å². The van der Waals surface area contributed by atoms with Crippen LogP contribution in [0, 0.1) is 6.92 Å². The third-order valence-electron chi connectivity index (χ3n) is 5.66. The number of amides is 2. The molecule has 1 aliphatic carbocycles. The van der Waals surface area contributed by atoms with E-state index in [2.05, 4.69) is 35.5 Å². The van der Waals surface area contributed by atoms with Crippen molar-refractivity contribution in [1.29, 1.82) is 0 Å². The summed E-state index contributed by atoms with van der Waals surface area (Å²) in [6.45, 7) is 3.17. The minimum absolute atomic E-state index is 0.133. The number of urea groups is 1. The molecule has 0 radical (unpaired) electrons. The standard InChI is InChI=1S/C19H24F2N4O/c1-13-4-5-16-14(11-13)12-22-25(16)15-6-9-24(10-7-15)18(26)23-17-3-2-8-19(17,20)21/h4-5,11-12,15,17H,2-3,6-10H2,1H3,(H,23,26)/t17-/m0/s1. The number of benzene rings is 1. The molecule has 1 aromatic heterocycles. The first-order valence-electron chi connectivity index (χ1n) is 9.31. The Morgan fingerprint density at radius 1 is 1.27 bits per heavy atom. The summed E-state index contributed by atoms with van der Waals surface area (Å²) in [5.41, 5.74) is 2.30. The van der Waals surface area contributed by atoms with Crippen molar-refractivity contribution >= 4 is 16.9 Å². The molecule has 1 N–H and O–H groups in total. The van der Waals surface area contributed by atoms with E-state index >= 15 is 0 Å². The van der Waals surface area contributed by atoms with Crippen LogP contribution >= 0.6 is 0 Å². The Kier molecular flexibility index (Phi) is 4.32. The number of rotatable bonds is 2. The highest BCUT2D eigenvalue weighted by Crippen LogP contribution is 2.35. The van der Waals surface area contributed by atoms with Crippen LogP contribution in [0.2, 0.25) is 0 Å². The normalized spacial score (nSPS) is 23.5. The van der Waals surface area contributed by atoms with Crippen molar-refractivity contribution in [2.45, 2.75) is 57.0 Å². The molecule has 140 valence electrons. The number of hydrogen-bond acceptors (Lipinski definition) is 2. The van der Waals surface area contributed by atoms with E-state index in [1.54, 1.807) is 4.90 Å². The predicted molar refractivity (Wildman–Crippen MR) is 95.4 cm³/mol. The van der Waals surface area contributed by atoms with E-state index in [1.807, 2.05) is 10.9 Å². The van der Waals surface area contributed by atoms with E-state index in [-0.39, 0.29) is 18.5 Å². The van der Waals surface area contributed by atoms with Crippen molar-refractivity contribution in [2.75, 3.05) is 13.1 Å². The van der Waals surface area contributed by atoms with E-state index in [0.717, 1.165) is 23.7 Å². The van der Waals surface area contributed by atoms with Gasteiger partial charge in [-0.1, -0.05) is 11.6 Å². The molecule has 1 saturated carbocycles. The number of alkyl halides is 2. The smallest absolute Gasteiger partial charge is 0.317 e. The zero-order valence-corrected chi connectivity index (χ0v) is 14.9. The van der Waals surface area contributed by atoms with Crippen molar-refractivity contribution in [3.05, 3.63) is 30.0 Å². The van der Waals surface area contributed by atoms with Gasteiger partial charge >= 0.3 is 6.03 Å². The number of nitrogens with one attached hydrogen (secondary N) is 1. The molecular weight excluding hydrogens is 338 g/mol. The third kappa shape index (κ3) is 3.15. The molecule has 2 fully saturated rings. The first-order valence-corrected chi connectivity index (χ1v) is 9.31. The summed E-state index contributed by atoms with van der Waals surface area (Å²) in [5.74, 6) is -2.78. The quantitative estimate of drug-likeness (QED) is 0.881. The van der Waals surface area contributed by atoms with E-state index < -0.39 is 12.0 Å². The minimum Gasteiger partial charge on any atom is -0.329 e. The number of fused-ring (bicyclic) bond motifs is 1. The highest BCUT2D eigenvalue weighted by atomic mass is 19.3. The number of likely N-dealkylation sites (tertiary alicyclic amines) is 1. The van der Waals surface area contributed by atoms with Gasteiger partial charge in [0.05, 0.1) is 23.8 Å². The van der Waals surface area contributed by atoms with Crippen LogP contribution in [0.5, 0.6) is 0 Å². The van der Waals surface area contributed by atoms with Gasteiger partial charge in [-0.2, -0.15) is 5.10 Å². The number of piperidine rings is 1. The number of carbonyl (C=O) groups excluding carboxylic acids is 1. The fourth-order valence-electron chi connectivity index (χ4n) is 4.12. The second-order valence-electron chi connectivity index (χ2n) is 7.52. The van der Waals surface area contributed by atoms with Crippen LogP contribution in [-0.2, 0) is 0 Å². The van der Waals surface area contributed by atoms with Crippen LogP contribution in [0.25, 0.3) is 10.9 Å². The van der Waals surface area contributed by atoms with Crippen molar-refractivity contribution in [1.82, 2.24) is 20.0 Å². The average molecular weight is 362 g/mol. The Morgan fingerprint density at radius 3 is 2.73 bits per heavy atom. The fraction of sp³-hybridized carbons (Fsp3) is 0.579. The molecule has 0 unspecified atom stereocenters. The highest BCUT2D eigenvalue weighted by molar-refractivity contribution is 5.79. The maximum Gasteiger partial charge on any atom is 0.317 e. The van der Waals surface area contributed by atoms with Crippen molar-refractivity contribution in [3.63, 3.8) is 0 Å². The maximum atomic E-state index is 13.7. The SMILES string of the molecule is Cc1ccc2c(cnn2C2CCN(C(=O)N[C@H]3CCCC3(F)F)CC2)c1. The van der Waals surface area contributed by atoms with Gasteiger partial charge < -0.3 is 10.2 Å². The van der Waals surface area contributed by atoms with Gasteiger partial charge in [0.25, 0.3) is 5.92 Å². The lowest BCUT2D eigenvalue weighted by Crippen LogP contribution is -2.51. The van der Waals surface area contributed by atoms with E-state index in [4.69, 9.17) is 0 Å². The van der Waals surface area contributed by atoms with E-state index in [1.165, 1.54) is 5.56 Å². The largest absolute Gasteiger partial charge is 0.329 e. The Bertz CT molecular complexity index is 811. The lowest BCUT2D eigenvalue weighted by Gasteiger charge is -2.33. The zero-order chi connectivity index (χ0) is 18.3. The van der Waals surface area contributed by atoms with Crippen molar-refractivity contribution < 1.29 is 13.6 Å². The van der Waals surface area contributed by atoms with Gasteiger partial charge in [-0.3, -0.25) is 4.68 Å². The van der Waals surface area contributed by atoms with Crippen LogP contribution in [0.4, 0.5) is 13.6 Å². The summed E-state index contributed by atoms with van der Waals surface area (Å²) >= 11 is 0. The molecule has 7 heteroatoms. The summed E-state index contributed by atoms with van der Waals surface area (Å²) in [4.78, 5) is 14.0. The molecule has 1 atom stereocenters. The summed E-state index contributed by atoms with van der Waals surface area (Å²) in [5, 5.41) is 8.19. The van der Waals surface area contributed by atoms with Crippen LogP contribution in [0.15, 0.2) is 24.4 Å². The van der Waals surface area contributed by atoms with Gasteiger partial charge in [-0.25, -0.2) is 13.6 Å². The molecule has 1 saturated heterocycles. The zero-order valence-electron chi connectivity index (χ0n) is 14.9. The monoisotopic (exact) mass is 362 g/mol. The third-order valence-corrected chi connectivity index (χ3v) is 5.66. The van der Waals surface area contributed by atoms with Crippen molar-refractivity contribution in [3.8, 4) is 0 Å². The maximum absolute atomic E-state index is 13.7. The summed E-state index contributed by atoms with van der Waals surface area (Å²) in [7, 11) is 0. The number of carbonyl (C=O) groups is 1. The van der Waals surface area contributed by atoms with Crippen LogP contribution in [-0.4, -0.2) is 45.8 Å². The highest BCUT2D eigenvalue weighted by Gasteiger charge is 2.45. The van der Waals surface area contributed by atoms with Gasteiger partial charge in [-0.05, 0) is 44.7 Å². The molecular formula is C19H24F2N4O.